The quantitative estimate of drug-likeness (QED) is 0.697. The van der Waals surface area contributed by atoms with Crippen LogP contribution in [-0.4, -0.2) is 43.2 Å². The summed E-state index contributed by atoms with van der Waals surface area (Å²) in [5, 5.41) is 0. The second-order valence-corrected chi connectivity index (χ2v) is 4.30. The van der Waals surface area contributed by atoms with E-state index in [2.05, 4.69) is 4.90 Å². The van der Waals surface area contributed by atoms with E-state index in [4.69, 9.17) is 10.5 Å². The maximum absolute atomic E-state index is 11.5. The van der Waals surface area contributed by atoms with Crippen molar-refractivity contribution in [3.05, 3.63) is 0 Å². The molecule has 1 unspecified atom stereocenters. The van der Waals surface area contributed by atoms with Gasteiger partial charge in [-0.05, 0) is 39.8 Å². The molecule has 0 aromatic rings. The summed E-state index contributed by atoms with van der Waals surface area (Å²) in [6, 6.07) is 0.212. The van der Waals surface area contributed by atoms with Crippen molar-refractivity contribution in [3.63, 3.8) is 0 Å². The van der Waals surface area contributed by atoms with E-state index in [1.165, 1.54) is 0 Å². The third-order valence-corrected chi connectivity index (χ3v) is 2.75. The number of hydrogen-bond acceptors (Lipinski definition) is 4. The van der Waals surface area contributed by atoms with Crippen LogP contribution in [-0.2, 0) is 9.53 Å². The highest BCUT2D eigenvalue weighted by Crippen LogP contribution is 2.18. The van der Waals surface area contributed by atoms with Crippen LogP contribution in [0.4, 0.5) is 0 Å². The van der Waals surface area contributed by atoms with E-state index in [1.807, 2.05) is 13.8 Å². The van der Waals surface area contributed by atoms with Gasteiger partial charge < -0.3 is 15.4 Å². The predicted octanol–water partition coefficient (Wildman–Crippen LogP) is 0.609. The van der Waals surface area contributed by atoms with Gasteiger partial charge in [0.15, 0.2) is 0 Å². The molecule has 0 aromatic heterocycles. The molecule has 1 fully saturated rings. The standard InChI is InChI=1S/C11H22N2O2/c1-3-15-11(14)10-4-6-13(7-5-10)8-9(2)12/h9-10H,3-8,12H2,1-2H3. The first kappa shape index (κ1) is 12.5. The molecule has 0 saturated carbocycles. The predicted molar refractivity (Wildman–Crippen MR) is 59.4 cm³/mol. The minimum Gasteiger partial charge on any atom is -0.466 e. The highest BCUT2D eigenvalue weighted by atomic mass is 16.5. The molecule has 1 aliphatic rings. The van der Waals surface area contributed by atoms with Gasteiger partial charge in [-0.15, -0.1) is 0 Å². The third kappa shape index (κ3) is 4.18. The molecule has 1 atom stereocenters. The lowest BCUT2D eigenvalue weighted by atomic mass is 9.97. The van der Waals surface area contributed by atoms with Gasteiger partial charge in [0.05, 0.1) is 12.5 Å². The number of nitrogens with zero attached hydrogens (tertiary/aromatic N) is 1. The maximum Gasteiger partial charge on any atom is 0.309 e. The average molecular weight is 214 g/mol. The Kier molecular flexibility index (Phi) is 5.05. The lowest BCUT2D eigenvalue weighted by molar-refractivity contribution is -0.149. The Morgan fingerprint density at radius 1 is 1.53 bits per heavy atom. The van der Waals surface area contributed by atoms with Crippen LogP contribution in [0.25, 0.3) is 0 Å². The molecular weight excluding hydrogens is 192 g/mol. The van der Waals surface area contributed by atoms with Crippen LogP contribution in [0.1, 0.15) is 26.7 Å². The third-order valence-electron chi connectivity index (χ3n) is 2.75. The van der Waals surface area contributed by atoms with Crippen molar-refractivity contribution in [3.8, 4) is 0 Å². The second-order valence-electron chi connectivity index (χ2n) is 4.30. The molecular formula is C11H22N2O2. The Morgan fingerprint density at radius 2 is 2.13 bits per heavy atom. The Balaban J connectivity index is 2.26. The van der Waals surface area contributed by atoms with Gasteiger partial charge in [0, 0.05) is 12.6 Å². The Labute approximate surface area is 91.8 Å². The number of carbonyl (C=O) groups is 1. The van der Waals surface area contributed by atoms with Crippen LogP contribution in [0.5, 0.6) is 0 Å². The van der Waals surface area contributed by atoms with E-state index in [0.29, 0.717) is 6.61 Å². The van der Waals surface area contributed by atoms with Crippen molar-refractivity contribution in [2.75, 3.05) is 26.2 Å². The molecule has 0 aromatic carbocycles. The number of nitrogens with two attached hydrogens (primary N) is 1. The fourth-order valence-electron chi connectivity index (χ4n) is 2.02. The zero-order valence-electron chi connectivity index (χ0n) is 9.74. The molecule has 1 aliphatic heterocycles. The number of rotatable bonds is 4. The SMILES string of the molecule is CCOC(=O)C1CCN(CC(C)N)CC1. The van der Waals surface area contributed by atoms with Crippen LogP contribution in [0, 0.1) is 5.92 Å². The summed E-state index contributed by atoms with van der Waals surface area (Å²) in [4.78, 5) is 13.8. The molecule has 15 heavy (non-hydrogen) atoms. The molecule has 1 heterocycles. The summed E-state index contributed by atoms with van der Waals surface area (Å²) < 4.78 is 5.02. The van der Waals surface area contributed by atoms with E-state index in [1.54, 1.807) is 0 Å². The largest absolute Gasteiger partial charge is 0.466 e. The average Bonchev–Trinajstić information content (AvgIpc) is 2.18. The number of piperidine rings is 1. The minimum absolute atomic E-state index is 0.0297. The Hall–Kier alpha value is -0.610. The first-order valence-electron chi connectivity index (χ1n) is 5.78. The summed E-state index contributed by atoms with van der Waals surface area (Å²) in [5.74, 6) is 0.0761. The van der Waals surface area contributed by atoms with Gasteiger partial charge in [-0.1, -0.05) is 0 Å². The molecule has 1 saturated heterocycles. The van der Waals surface area contributed by atoms with Gasteiger partial charge in [0.1, 0.15) is 0 Å². The van der Waals surface area contributed by atoms with Gasteiger partial charge in [0.25, 0.3) is 0 Å². The van der Waals surface area contributed by atoms with E-state index < -0.39 is 0 Å². The van der Waals surface area contributed by atoms with E-state index in [9.17, 15) is 4.79 Å². The first-order chi connectivity index (χ1) is 7.13. The topological polar surface area (TPSA) is 55.6 Å². The van der Waals surface area contributed by atoms with E-state index in [-0.39, 0.29) is 17.9 Å². The lowest BCUT2D eigenvalue weighted by Gasteiger charge is -2.31. The Bertz CT molecular complexity index is 199. The number of likely N-dealkylation sites (tertiary alicyclic amines) is 1. The van der Waals surface area contributed by atoms with Gasteiger partial charge in [0.2, 0.25) is 0 Å². The van der Waals surface area contributed by atoms with E-state index in [0.717, 1.165) is 32.5 Å². The van der Waals surface area contributed by atoms with Gasteiger partial charge >= 0.3 is 5.97 Å². The summed E-state index contributed by atoms with van der Waals surface area (Å²) in [6.07, 6.45) is 1.82. The number of hydrogen-bond donors (Lipinski definition) is 1. The van der Waals surface area contributed by atoms with Crippen LogP contribution in [0.2, 0.25) is 0 Å². The molecule has 88 valence electrons. The normalized spacial score (nSPS) is 21.3. The van der Waals surface area contributed by atoms with Crippen LogP contribution < -0.4 is 5.73 Å². The van der Waals surface area contributed by atoms with Gasteiger partial charge in [-0.2, -0.15) is 0 Å². The fourth-order valence-corrected chi connectivity index (χ4v) is 2.02. The van der Waals surface area contributed by atoms with Crippen molar-refractivity contribution < 1.29 is 9.53 Å². The maximum atomic E-state index is 11.5. The van der Waals surface area contributed by atoms with Crippen LogP contribution in [0.3, 0.4) is 0 Å². The first-order valence-corrected chi connectivity index (χ1v) is 5.78. The Morgan fingerprint density at radius 3 is 2.60 bits per heavy atom. The monoisotopic (exact) mass is 214 g/mol. The van der Waals surface area contributed by atoms with Crippen molar-refractivity contribution in [1.82, 2.24) is 4.90 Å². The van der Waals surface area contributed by atoms with Gasteiger partial charge in [-0.3, -0.25) is 4.79 Å². The van der Waals surface area contributed by atoms with Crippen molar-refractivity contribution in [2.45, 2.75) is 32.7 Å². The molecule has 0 spiro atoms. The molecule has 2 N–H and O–H groups in total. The van der Waals surface area contributed by atoms with Crippen molar-refractivity contribution in [1.29, 1.82) is 0 Å². The summed E-state index contributed by atoms with van der Waals surface area (Å²) >= 11 is 0. The highest BCUT2D eigenvalue weighted by Gasteiger charge is 2.25. The van der Waals surface area contributed by atoms with E-state index >= 15 is 0 Å². The molecule has 0 aliphatic carbocycles. The number of ether oxygens (including phenoxy) is 1. The zero-order valence-corrected chi connectivity index (χ0v) is 9.74. The van der Waals surface area contributed by atoms with Crippen LogP contribution in [0.15, 0.2) is 0 Å². The molecule has 0 bridgehead atoms. The number of esters is 1. The number of carbonyl (C=O) groups excluding carboxylic acids is 1. The smallest absolute Gasteiger partial charge is 0.309 e. The van der Waals surface area contributed by atoms with Crippen LogP contribution >= 0.6 is 0 Å². The molecule has 1 rings (SSSR count). The zero-order chi connectivity index (χ0) is 11.3. The molecule has 0 amide bonds. The summed E-state index contributed by atoms with van der Waals surface area (Å²) in [7, 11) is 0. The second kappa shape index (κ2) is 6.08. The lowest BCUT2D eigenvalue weighted by Crippen LogP contribution is -2.42. The summed E-state index contributed by atoms with van der Waals surface area (Å²) in [5.41, 5.74) is 5.73. The highest BCUT2D eigenvalue weighted by molar-refractivity contribution is 5.72. The minimum atomic E-state index is -0.0297. The fraction of sp³-hybridized carbons (Fsp3) is 0.909. The molecule has 0 radical (unpaired) electrons. The summed E-state index contributed by atoms with van der Waals surface area (Å²) in [6.45, 7) is 7.20. The molecule has 4 nitrogen and oxygen atoms in total. The van der Waals surface area contributed by atoms with Gasteiger partial charge in [-0.25, -0.2) is 0 Å². The van der Waals surface area contributed by atoms with Crippen molar-refractivity contribution in [2.24, 2.45) is 11.7 Å². The molecule has 4 heteroatoms. The van der Waals surface area contributed by atoms with Crippen molar-refractivity contribution >= 4 is 5.97 Å².